The zero-order chi connectivity index (χ0) is 22.0. The largest absolute Gasteiger partial charge is 0.490 e. The maximum absolute atomic E-state index is 12.8. The number of halogens is 3. The Morgan fingerprint density at radius 1 is 1.10 bits per heavy atom. The highest BCUT2D eigenvalue weighted by Crippen LogP contribution is 2.31. The molecule has 0 N–H and O–H groups in total. The average molecular weight is 433 g/mol. The molecule has 3 heterocycles. The molecule has 0 amide bonds. The monoisotopic (exact) mass is 433 g/mol. The van der Waals surface area contributed by atoms with Crippen LogP contribution in [0.5, 0.6) is 5.75 Å². The number of hydrogen-bond donors (Lipinski definition) is 0. The van der Waals surface area contributed by atoms with Crippen LogP contribution in [0.25, 0.3) is 10.9 Å². The lowest BCUT2D eigenvalue weighted by atomic mass is 10.1. The number of piperidine rings is 1. The van der Waals surface area contributed by atoms with Gasteiger partial charge in [-0.1, -0.05) is 6.07 Å². The molecule has 1 fully saturated rings. The summed E-state index contributed by atoms with van der Waals surface area (Å²) >= 11 is 0. The molecule has 1 aliphatic heterocycles. The van der Waals surface area contributed by atoms with E-state index in [-0.39, 0.29) is 6.10 Å². The zero-order valence-corrected chi connectivity index (χ0v) is 17.6. The van der Waals surface area contributed by atoms with Gasteiger partial charge in [-0.25, -0.2) is 9.97 Å². The van der Waals surface area contributed by atoms with Crippen LogP contribution in [-0.4, -0.2) is 58.9 Å². The number of anilines is 1. The Morgan fingerprint density at radius 2 is 1.81 bits per heavy atom. The molecular weight excluding hydrogens is 407 g/mol. The lowest BCUT2D eigenvalue weighted by Crippen LogP contribution is -2.37. The number of rotatable bonds is 6. The number of likely N-dealkylation sites (tertiary alicyclic amines) is 1. The number of ether oxygens (including phenoxy) is 1. The fourth-order valence-corrected chi connectivity index (χ4v) is 3.91. The quantitative estimate of drug-likeness (QED) is 0.586. The molecule has 1 saturated heterocycles. The molecule has 0 unspecified atom stereocenters. The maximum atomic E-state index is 12.8. The number of fused-ring (bicyclic) bond motifs is 1. The third-order valence-corrected chi connectivity index (χ3v) is 5.45. The first-order chi connectivity index (χ1) is 14.8. The summed E-state index contributed by atoms with van der Waals surface area (Å²) in [6.07, 6.45) is 2.69. The number of alkyl halides is 3. The molecule has 3 aromatic rings. The van der Waals surface area contributed by atoms with E-state index in [1.54, 1.807) is 18.2 Å². The van der Waals surface area contributed by atoms with Crippen LogP contribution < -0.4 is 9.64 Å². The minimum absolute atomic E-state index is 0.0418. The fraction of sp³-hybridized carbons (Fsp3) is 0.455. The van der Waals surface area contributed by atoms with E-state index in [4.69, 9.17) is 4.74 Å². The second-order valence-corrected chi connectivity index (χ2v) is 8.13. The molecule has 6 nitrogen and oxygen atoms in total. The molecule has 0 aliphatic carbocycles. The summed E-state index contributed by atoms with van der Waals surface area (Å²) in [5.74, 6) is 1.33. The SMILES string of the molecule is CN(C)c1ncc(CN2CCC(Oc3cccc4c3ccn4CC(F)(F)F)CC2)cn1. The highest BCUT2D eigenvalue weighted by molar-refractivity contribution is 5.86. The summed E-state index contributed by atoms with van der Waals surface area (Å²) in [5, 5.41) is 0.715. The molecule has 1 aliphatic rings. The van der Waals surface area contributed by atoms with Gasteiger partial charge in [0.25, 0.3) is 0 Å². The molecular formula is C22H26F3N5O. The number of benzene rings is 1. The van der Waals surface area contributed by atoms with Crippen molar-refractivity contribution < 1.29 is 17.9 Å². The highest BCUT2D eigenvalue weighted by atomic mass is 19.4. The predicted molar refractivity (Wildman–Crippen MR) is 113 cm³/mol. The molecule has 9 heteroatoms. The lowest BCUT2D eigenvalue weighted by Gasteiger charge is -2.32. The molecule has 0 saturated carbocycles. The Kier molecular flexibility index (Phi) is 6.04. The first kappa shape index (κ1) is 21.4. The van der Waals surface area contributed by atoms with Gasteiger partial charge >= 0.3 is 6.18 Å². The van der Waals surface area contributed by atoms with Crippen LogP contribution in [0.3, 0.4) is 0 Å². The summed E-state index contributed by atoms with van der Waals surface area (Å²) in [4.78, 5) is 12.9. The lowest BCUT2D eigenvalue weighted by molar-refractivity contribution is -0.139. The molecule has 0 atom stereocenters. The van der Waals surface area contributed by atoms with Gasteiger partial charge in [-0.2, -0.15) is 13.2 Å². The molecule has 166 valence electrons. The Bertz CT molecular complexity index is 1010. The molecule has 1 aromatic carbocycles. The number of aromatic nitrogens is 3. The van der Waals surface area contributed by atoms with Gasteiger partial charge in [-0.05, 0) is 31.0 Å². The van der Waals surface area contributed by atoms with Crippen molar-refractivity contribution in [1.82, 2.24) is 19.4 Å². The summed E-state index contributed by atoms with van der Waals surface area (Å²) < 4.78 is 45.8. The van der Waals surface area contributed by atoms with Gasteiger partial charge in [-0.3, -0.25) is 4.90 Å². The number of hydrogen-bond acceptors (Lipinski definition) is 5. The first-order valence-electron chi connectivity index (χ1n) is 10.3. The molecule has 0 spiro atoms. The van der Waals surface area contributed by atoms with E-state index in [1.807, 2.05) is 37.5 Å². The van der Waals surface area contributed by atoms with Crippen molar-refractivity contribution in [3.63, 3.8) is 0 Å². The van der Waals surface area contributed by atoms with Crippen molar-refractivity contribution in [2.75, 3.05) is 32.1 Å². The zero-order valence-electron chi connectivity index (χ0n) is 17.6. The van der Waals surface area contributed by atoms with Crippen LogP contribution >= 0.6 is 0 Å². The van der Waals surface area contributed by atoms with Gasteiger partial charge < -0.3 is 14.2 Å². The number of nitrogens with zero attached hydrogens (tertiary/aromatic N) is 5. The van der Waals surface area contributed by atoms with Gasteiger partial charge in [0, 0.05) is 63.3 Å². The average Bonchev–Trinajstić information content (AvgIpc) is 3.12. The van der Waals surface area contributed by atoms with E-state index in [1.165, 1.54) is 10.8 Å². The Balaban J connectivity index is 1.35. The van der Waals surface area contributed by atoms with Crippen LogP contribution in [0, 0.1) is 0 Å². The summed E-state index contributed by atoms with van der Waals surface area (Å²) in [6, 6.07) is 6.97. The minimum Gasteiger partial charge on any atom is -0.490 e. The first-order valence-corrected chi connectivity index (χ1v) is 10.3. The fourth-order valence-electron chi connectivity index (χ4n) is 3.91. The molecule has 31 heavy (non-hydrogen) atoms. The van der Waals surface area contributed by atoms with E-state index < -0.39 is 12.7 Å². The second kappa shape index (κ2) is 8.74. The van der Waals surface area contributed by atoms with E-state index in [2.05, 4.69) is 14.9 Å². The molecule has 0 bridgehead atoms. The Morgan fingerprint density at radius 3 is 2.45 bits per heavy atom. The van der Waals surface area contributed by atoms with E-state index in [9.17, 15) is 13.2 Å². The van der Waals surface area contributed by atoms with E-state index >= 15 is 0 Å². The highest BCUT2D eigenvalue weighted by Gasteiger charge is 2.28. The van der Waals surface area contributed by atoms with Crippen LogP contribution in [0.15, 0.2) is 42.9 Å². The van der Waals surface area contributed by atoms with Crippen molar-refractivity contribution in [3.05, 3.63) is 48.4 Å². The summed E-state index contributed by atoms with van der Waals surface area (Å²) in [6.45, 7) is 1.55. The van der Waals surface area contributed by atoms with Gasteiger partial charge in [0.05, 0.1) is 5.52 Å². The van der Waals surface area contributed by atoms with Crippen LogP contribution in [0.2, 0.25) is 0 Å². The van der Waals surface area contributed by atoms with Gasteiger partial charge in [0.1, 0.15) is 18.4 Å². The van der Waals surface area contributed by atoms with Gasteiger partial charge in [0.2, 0.25) is 5.95 Å². The third-order valence-electron chi connectivity index (χ3n) is 5.45. The maximum Gasteiger partial charge on any atom is 0.406 e. The Labute approximate surface area is 179 Å². The molecule has 2 aromatic heterocycles. The standard InChI is InChI=1S/C22H26F3N5O/c1-28(2)21-26-12-16(13-27-21)14-29-9-6-17(7-10-29)31-20-5-3-4-19-18(20)8-11-30(19)15-22(23,24)25/h3-5,8,11-13,17H,6-7,9-10,14-15H2,1-2H3. The van der Waals surface area contributed by atoms with Crippen LogP contribution in [-0.2, 0) is 13.1 Å². The van der Waals surface area contributed by atoms with Gasteiger partial charge in [-0.15, -0.1) is 0 Å². The van der Waals surface area contributed by atoms with Crippen molar-refractivity contribution in [1.29, 1.82) is 0 Å². The van der Waals surface area contributed by atoms with Crippen LogP contribution in [0.4, 0.5) is 19.1 Å². The topological polar surface area (TPSA) is 46.4 Å². The van der Waals surface area contributed by atoms with E-state index in [0.717, 1.165) is 38.0 Å². The van der Waals surface area contributed by atoms with Crippen molar-refractivity contribution >= 4 is 16.9 Å². The second-order valence-electron chi connectivity index (χ2n) is 8.13. The predicted octanol–water partition coefficient (Wildman–Crippen LogP) is 4.10. The van der Waals surface area contributed by atoms with Crippen molar-refractivity contribution in [3.8, 4) is 5.75 Å². The molecule has 0 radical (unpaired) electrons. The van der Waals surface area contributed by atoms with Crippen LogP contribution in [0.1, 0.15) is 18.4 Å². The summed E-state index contributed by atoms with van der Waals surface area (Å²) in [7, 11) is 3.82. The summed E-state index contributed by atoms with van der Waals surface area (Å²) in [5.41, 5.74) is 1.61. The minimum atomic E-state index is -4.26. The Hall–Kier alpha value is -2.81. The third kappa shape index (κ3) is 5.28. The molecule has 4 rings (SSSR count). The normalized spacial score (nSPS) is 16.0. The smallest absolute Gasteiger partial charge is 0.406 e. The van der Waals surface area contributed by atoms with Crippen molar-refractivity contribution in [2.24, 2.45) is 0 Å². The van der Waals surface area contributed by atoms with Crippen molar-refractivity contribution in [2.45, 2.75) is 38.2 Å². The van der Waals surface area contributed by atoms with E-state index in [0.29, 0.717) is 22.6 Å². The van der Waals surface area contributed by atoms with Gasteiger partial charge in [0.15, 0.2) is 0 Å².